The number of rotatable bonds is 3. The van der Waals surface area contributed by atoms with Crippen molar-refractivity contribution < 1.29 is 14.0 Å². The summed E-state index contributed by atoms with van der Waals surface area (Å²) in [6.45, 7) is 0.542. The Morgan fingerprint density at radius 1 is 1.05 bits per heavy atom. The number of furan rings is 1. The molecule has 112 valence electrons. The lowest BCUT2D eigenvalue weighted by molar-refractivity contribution is -0.127. The van der Waals surface area contributed by atoms with Crippen LogP contribution in [0.25, 0.3) is 0 Å². The standard InChI is InChI=1S/C16H15N3O3/c20-15-12-13(11-7-4-8-22-11)18-19(14(12)16(21)17-15)9-10-5-2-1-3-6-10/h1-8,12-14,18H,9H2,(H,17,20,21)/t12-,13-,14+/m1/s1. The quantitative estimate of drug-likeness (QED) is 0.826. The summed E-state index contributed by atoms with van der Waals surface area (Å²) in [7, 11) is 0. The molecule has 3 atom stereocenters. The summed E-state index contributed by atoms with van der Waals surface area (Å²) in [6.07, 6.45) is 1.57. The summed E-state index contributed by atoms with van der Waals surface area (Å²) in [5, 5.41) is 4.25. The zero-order chi connectivity index (χ0) is 15.1. The van der Waals surface area contributed by atoms with Crippen LogP contribution in [0.15, 0.2) is 53.1 Å². The predicted octanol–water partition coefficient (Wildman–Crippen LogP) is 0.982. The maximum absolute atomic E-state index is 12.1. The lowest BCUT2D eigenvalue weighted by atomic mass is 9.94. The van der Waals surface area contributed by atoms with Gasteiger partial charge in [0.2, 0.25) is 11.8 Å². The first-order chi connectivity index (χ1) is 10.7. The van der Waals surface area contributed by atoms with Gasteiger partial charge in [0.1, 0.15) is 11.8 Å². The van der Waals surface area contributed by atoms with E-state index >= 15 is 0 Å². The molecule has 2 aliphatic rings. The number of nitrogens with one attached hydrogen (secondary N) is 2. The number of carbonyl (C=O) groups excluding carboxylic acids is 2. The molecule has 4 rings (SSSR count). The molecule has 2 aromatic rings. The number of nitrogens with zero attached hydrogens (tertiary/aromatic N) is 1. The van der Waals surface area contributed by atoms with Gasteiger partial charge in [-0.2, -0.15) is 0 Å². The van der Waals surface area contributed by atoms with Gasteiger partial charge in [0.25, 0.3) is 0 Å². The molecule has 1 aromatic carbocycles. The van der Waals surface area contributed by atoms with E-state index < -0.39 is 12.0 Å². The van der Waals surface area contributed by atoms with Gasteiger partial charge in [-0.1, -0.05) is 30.3 Å². The molecule has 1 aromatic heterocycles. The van der Waals surface area contributed by atoms with Gasteiger partial charge < -0.3 is 4.42 Å². The van der Waals surface area contributed by atoms with Crippen LogP contribution in [0.2, 0.25) is 0 Å². The van der Waals surface area contributed by atoms with E-state index in [1.165, 1.54) is 0 Å². The number of imide groups is 1. The van der Waals surface area contributed by atoms with E-state index in [1.54, 1.807) is 12.3 Å². The highest BCUT2D eigenvalue weighted by Crippen LogP contribution is 2.37. The second-order valence-electron chi connectivity index (χ2n) is 5.56. The molecule has 0 saturated carbocycles. The van der Waals surface area contributed by atoms with Gasteiger partial charge in [-0.3, -0.25) is 14.9 Å². The van der Waals surface area contributed by atoms with Crippen molar-refractivity contribution in [3.05, 3.63) is 60.1 Å². The van der Waals surface area contributed by atoms with E-state index in [1.807, 2.05) is 41.4 Å². The van der Waals surface area contributed by atoms with Crippen LogP contribution in [0, 0.1) is 5.92 Å². The molecule has 0 spiro atoms. The monoisotopic (exact) mass is 297 g/mol. The lowest BCUT2D eigenvalue weighted by Gasteiger charge is -2.21. The molecular formula is C16H15N3O3. The van der Waals surface area contributed by atoms with E-state index in [0.717, 1.165) is 5.56 Å². The highest BCUT2D eigenvalue weighted by Gasteiger charge is 2.55. The van der Waals surface area contributed by atoms with Crippen molar-refractivity contribution in [2.24, 2.45) is 5.92 Å². The first-order valence-corrected chi connectivity index (χ1v) is 7.19. The molecule has 2 fully saturated rings. The van der Waals surface area contributed by atoms with E-state index in [-0.39, 0.29) is 17.9 Å². The summed E-state index contributed by atoms with van der Waals surface area (Å²) in [5.74, 6) is -0.315. The van der Waals surface area contributed by atoms with Crippen LogP contribution >= 0.6 is 0 Å². The molecule has 22 heavy (non-hydrogen) atoms. The minimum Gasteiger partial charge on any atom is -0.468 e. The summed E-state index contributed by atoms with van der Waals surface area (Å²) >= 11 is 0. The fraction of sp³-hybridized carbons (Fsp3) is 0.250. The van der Waals surface area contributed by atoms with Crippen LogP contribution in [0.1, 0.15) is 17.4 Å². The van der Waals surface area contributed by atoms with Crippen molar-refractivity contribution in [1.82, 2.24) is 15.8 Å². The van der Waals surface area contributed by atoms with Gasteiger partial charge in [-0.15, -0.1) is 0 Å². The number of hydrogen-bond acceptors (Lipinski definition) is 5. The highest BCUT2D eigenvalue weighted by molar-refractivity contribution is 6.07. The van der Waals surface area contributed by atoms with Crippen LogP contribution in [-0.4, -0.2) is 22.9 Å². The predicted molar refractivity (Wildman–Crippen MR) is 77.0 cm³/mol. The van der Waals surface area contributed by atoms with Gasteiger partial charge in [-0.25, -0.2) is 10.4 Å². The molecule has 0 radical (unpaired) electrons. The molecule has 2 amide bonds. The van der Waals surface area contributed by atoms with Crippen molar-refractivity contribution in [2.45, 2.75) is 18.6 Å². The summed E-state index contributed by atoms with van der Waals surface area (Å²) in [5.41, 5.74) is 4.33. The Morgan fingerprint density at radius 3 is 2.59 bits per heavy atom. The second kappa shape index (κ2) is 5.08. The third kappa shape index (κ3) is 2.04. The third-order valence-corrected chi connectivity index (χ3v) is 4.20. The van der Waals surface area contributed by atoms with Crippen LogP contribution in [-0.2, 0) is 16.1 Å². The molecule has 6 heteroatoms. The maximum atomic E-state index is 12.1. The maximum Gasteiger partial charge on any atom is 0.246 e. The van der Waals surface area contributed by atoms with E-state index in [4.69, 9.17) is 4.42 Å². The lowest BCUT2D eigenvalue weighted by Crippen LogP contribution is -2.43. The fourth-order valence-corrected chi connectivity index (χ4v) is 3.23. The van der Waals surface area contributed by atoms with Crippen molar-refractivity contribution in [2.75, 3.05) is 0 Å². The summed E-state index contributed by atoms with van der Waals surface area (Å²) < 4.78 is 5.43. The van der Waals surface area contributed by atoms with E-state index in [0.29, 0.717) is 12.3 Å². The largest absolute Gasteiger partial charge is 0.468 e. The van der Waals surface area contributed by atoms with Crippen molar-refractivity contribution >= 4 is 11.8 Å². The minimum absolute atomic E-state index is 0.250. The number of amides is 2. The molecule has 2 aliphatic heterocycles. The zero-order valence-corrected chi connectivity index (χ0v) is 11.7. The zero-order valence-electron chi connectivity index (χ0n) is 11.7. The number of fused-ring (bicyclic) bond motifs is 1. The van der Waals surface area contributed by atoms with Crippen molar-refractivity contribution in [1.29, 1.82) is 0 Å². The SMILES string of the molecule is O=C1NC(=O)[C@@H]2[C@H]1[C@@H](c1ccco1)NN2Cc1ccccc1. The van der Waals surface area contributed by atoms with Crippen molar-refractivity contribution in [3.63, 3.8) is 0 Å². The van der Waals surface area contributed by atoms with Gasteiger partial charge in [0.05, 0.1) is 18.2 Å². The van der Waals surface area contributed by atoms with E-state index in [2.05, 4.69) is 10.7 Å². The van der Waals surface area contributed by atoms with Crippen LogP contribution in [0.5, 0.6) is 0 Å². The Bertz CT molecular complexity index is 699. The Hall–Kier alpha value is -2.44. The number of carbonyl (C=O) groups is 2. The third-order valence-electron chi connectivity index (χ3n) is 4.20. The normalized spacial score (nSPS) is 27.9. The molecule has 0 aliphatic carbocycles. The smallest absolute Gasteiger partial charge is 0.246 e. The first kappa shape index (κ1) is 13.2. The molecular weight excluding hydrogens is 282 g/mol. The molecule has 3 heterocycles. The first-order valence-electron chi connectivity index (χ1n) is 7.19. The second-order valence-corrected chi connectivity index (χ2v) is 5.56. The Labute approximate surface area is 127 Å². The van der Waals surface area contributed by atoms with Crippen LogP contribution in [0.4, 0.5) is 0 Å². The number of hydrazine groups is 1. The molecule has 0 bridgehead atoms. The van der Waals surface area contributed by atoms with Crippen LogP contribution < -0.4 is 10.7 Å². The fourth-order valence-electron chi connectivity index (χ4n) is 3.23. The Kier molecular flexibility index (Phi) is 3.06. The van der Waals surface area contributed by atoms with E-state index in [9.17, 15) is 9.59 Å². The van der Waals surface area contributed by atoms with Gasteiger partial charge in [-0.05, 0) is 17.7 Å². The average molecular weight is 297 g/mol. The molecule has 6 nitrogen and oxygen atoms in total. The molecule has 0 unspecified atom stereocenters. The summed E-state index contributed by atoms with van der Waals surface area (Å²) in [4.78, 5) is 24.3. The number of benzene rings is 1. The topological polar surface area (TPSA) is 74.6 Å². The Balaban J connectivity index is 1.65. The van der Waals surface area contributed by atoms with Gasteiger partial charge >= 0.3 is 0 Å². The van der Waals surface area contributed by atoms with Crippen LogP contribution in [0.3, 0.4) is 0 Å². The van der Waals surface area contributed by atoms with Gasteiger partial charge in [0, 0.05) is 6.54 Å². The number of hydrogen-bond donors (Lipinski definition) is 2. The highest BCUT2D eigenvalue weighted by atomic mass is 16.3. The molecule has 2 saturated heterocycles. The summed E-state index contributed by atoms with van der Waals surface area (Å²) in [6, 6.07) is 12.6. The molecule has 2 N–H and O–H groups in total. The Morgan fingerprint density at radius 2 is 1.86 bits per heavy atom. The average Bonchev–Trinajstić information content (AvgIpc) is 3.20. The minimum atomic E-state index is -0.511. The van der Waals surface area contributed by atoms with Crippen molar-refractivity contribution in [3.8, 4) is 0 Å². The van der Waals surface area contributed by atoms with Gasteiger partial charge in [0.15, 0.2) is 0 Å².